The predicted octanol–water partition coefficient (Wildman–Crippen LogP) is 0.256. The highest BCUT2D eigenvalue weighted by molar-refractivity contribution is 4.96. The Balaban J connectivity index is 1.94. The largest absolute Gasteiger partial charge is 0.326 e. The lowest BCUT2D eigenvalue weighted by atomic mass is 10.1. The molecule has 0 bridgehead atoms. The number of aromatic nitrogens is 2. The molecule has 1 aliphatic rings. The molecule has 2 unspecified atom stereocenters. The van der Waals surface area contributed by atoms with Gasteiger partial charge in [0.25, 0.3) is 0 Å². The smallest absolute Gasteiger partial charge is 0.0726 e. The van der Waals surface area contributed by atoms with Gasteiger partial charge in [0, 0.05) is 44.3 Å². The van der Waals surface area contributed by atoms with Crippen LogP contribution in [-0.4, -0.2) is 34.0 Å². The van der Waals surface area contributed by atoms with E-state index in [4.69, 9.17) is 5.73 Å². The van der Waals surface area contributed by atoms with Gasteiger partial charge in [0.2, 0.25) is 0 Å². The Labute approximate surface area is 84.2 Å². The van der Waals surface area contributed by atoms with Gasteiger partial charge in [-0.1, -0.05) is 6.92 Å². The molecular formula is C10H16N4. The SMILES string of the molecule is CC1CN(Cc2cnccn2)CC1N. The first-order valence-electron chi connectivity index (χ1n) is 4.98. The molecule has 1 aromatic heterocycles. The van der Waals surface area contributed by atoms with Crippen LogP contribution in [-0.2, 0) is 6.54 Å². The molecule has 0 spiro atoms. The average molecular weight is 192 g/mol. The van der Waals surface area contributed by atoms with Gasteiger partial charge in [-0.25, -0.2) is 0 Å². The van der Waals surface area contributed by atoms with Crippen LogP contribution in [0, 0.1) is 5.92 Å². The number of rotatable bonds is 2. The Morgan fingerprint density at radius 3 is 2.93 bits per heavy atom. The number of nitrogens with two attached hydrogens (primary N) is 1. The molecule has 0 aromatic carbocycles. The molecule has 1 aliphatic heterocycles. The minimum Gasteiger partial charge on any atom is -0.326 e. The summed E-state index contributed by atoms with van der Waals surface area (Å²) >= 11 is 0. The van der Waals surface area contributed by atoms with E-state index in [0.29, 0.717) is 12.0 Å². The van der Waals surface area contributed by atoms with E-state index >= 15 is 0 Å². The van der Waals surface area contributed by atoms with Gasteiger partial charge in [-0.05, 0) is 5.92 Å². The molecule has 1 saturated heterocycles. The van der Waals surface area contributed by atoms with Gasteiger partial charge in [0.1, 0.15) is 0 Å². The van der Waals surface area contributed by atoms with Gasteiger partial charge in [0.15, 0.2) is 0 Å². The van der Waals surface area contributed by atoms with Gasteiger partial charge in [-0.3, -0.25) is 14.9 Å². The van der Waals surface area contributed by atoms with E-state index in [1.807, 2.05) is 6.20 Å². The van der Waals surface area contributed by atoms with Crippen LogP contribution >= 0.6 is 0 Å². The molecule has 2 rings (SSSR count). The van der Waals surface area contributed by atoms with E-state index in [0.717, 1.165) is 25.3 Å². The quantitative estimate of drug-likeness (QED) is 0.730. The van der Waals surface area contributed by atoms with Gasteiger partial charge in [0.05, 0.1) is 5.69 Å². The van der Waals surface area contributed by atoms with Crippen molar-refractivity contribution in [2.24, 2.45) is 11.7 Å². The highest BCUT2D eigenvalue weighted by Gasteiger charge is 2.26. The summed E-state index contributed by atoms with van der Waals surface area (Å²) in [5.41, 5.74) is 6.97. The van der Waals surface area contributed by atoms with Crippen molar-refractivity contribution in [3.63, 3.8) is 0 Å². The molecule has 2 N–H and O–H groups in total. The van der Waals surface area contributed by atoms with Crippen LogP contribution in [0.5, 0.6) is 0 Å². The maximum atomic E-state index is 5.94. The van der Waals surface area contributed by atoms with Gasteiger partial charge < -0.3 is 5.73 Å². The summed E-state index contributed by atoms with van der Waals surface area (Å²) in [6.45, 7) is 5.10. The van der Waals surface area contributed by atoms with Crippen molar-refractivity contribution >= 4 is 0 Å². The molecule has 4 nitrogen and oxygen atoms in total. The molecule has 1 fully saturated rings. The first-order valence-corrected chi connectivity index (χ1v) is 4.98. The molecule has 0 radical (unpaired) electrons. The summed E-state index contributed by atoms with van der Waals surface area (Å²) in [4.78, 5) is 10.6. The third kappa shape index (κ3) is 2.08. The summed E-state index contributed by atoms with van der Waals surface area (Å²) < 4.78 is 0. The van der Waals surface area contributed by atoms with Crippen molar-refractivity contribution in [1.82, 2.24) is 14.9 Å². The first-order chi connectivity index (χ1) is 6.75. The summed E-state index contributed by atoms with van der Waals surface area (Å²) in [5, 5.41) is 0. The Bertz CT molecular complexity index is 277. The second-order valence-corrected chi connectivity index (χ2v) is 4.03. The van der Waals surface area contributed by atoms with Crippen LogP contribution in [0.3, 0.4) is 0 Å². The molecule has 76 valence electrons. The number of hydrogen-bond acceptors (Lipinski definition) is 4. The monoisotopic (exact) mass is 192 g/mol. The van der Waals surface area contributed by atoms with Crippen LogP contribution in [0.25, 0.3) is 0 Å². The Kier molecular flexibility index (Phi) is 2.74. The topological polar surface area (TPSA) is 55.0 Å². The molecular weight excluding hydrogens is 176 g/mol. The Morgan fingerprint density at radius 2 is 2.36 bits per heavy atom. The van der Waals surface area contributed by atoms with Crippen LogP contribution in [0.2, 0.25) is 0 Å². The third-order valence-electron chi connectivity index (χ3n) is 2.75. The standard InChI is InChI=1S/C10H16N4/c1-8-5-14(7-10(8)11)6-9-4-12-2-3-13-9/h2-4,8,10H,5-7,11H2,1H3. The number of likely N-dealkylation sites (tertiary alicyclic amines) is 1. The van der Waals surface area contributed by atoms with Crippen molar-refractivity contribution in [3.8, 4) is 0 Å². The van der Waals surface area contributed by atoms with Crippen molar-refractivity contribution in [2.75, 3.05) is 13.1 Å². The van der Waals surface area contributed by atoms with E-state index in [9.17, 15) is 0 Å². The zero-order valence-corrected chi connectivity index (χ0v) is 8.43. The molecule has 1 aromatic rings. The second kappa shape index (κ2) is 4.02. The fourth-order valence-corrected chi connectivity index (χ4v) is 1.87. The first kappa shape index (κ1) is 9.55. The maximum Gasteiger partial charge on any atom is 0.0726 e. The van der Waals surface area contributed by atoms with Crippen molar-refractivity contribution in [3.05, 3.63) is 24.3 Å². The van der Waals surface area contributed by atoms with E-state index in [1.54, 1.807) is 12.4 Å². The van der Waals surface area contributed by atoms with Gasteiger partial charge in [-0.2, -0.15) is 0 Å². The van der Waals surface area contributed by atoms with Crippen LogP contribution in [0.4, 0.5) is 0 Å². The van der Waals surface area contributed by atoms with E-state index in [1.165, 1.54) is 0 Å². The van der Waals surface area contributed by atoms with Crippen molar-refractivity contribution in [2.45, 2.75) is 19.5 Å². The fraction of sp³-hybridized carbons (Fsp3) is 0.600. The average Bonchev–Trinajstić information content (AvgIpc) is 2.47. The number of nitrogens with zero attached hydrogens (tertiary/aromatic N) is 3. The zero-order valence-electron chi connectivity index (χ0n) is 8.43. The lowest BCUT2D eigenvalue weighted by molar-refractivity contribution is 0.314. The normalized spacial score (nSPS) is 28.1. The van der Waals surface area contributed by atoms with Gasteiger partial charge in [-0.15, -0.1) is 0 Å². The summed E-state index contributed by atoms with van der Waals surface area (Å²) in [5.74, 6) is 0.590. The summed E-state index contributed by atoms with van der Waals surface area (Å²) in [6, 6.07) is 0.312. The van der Waals surface area contributed by atoms with Crippen LogP contribution in [0.1, 0.15) is 12.6 Å². The lowest BCUT2D eigenvalue weighted by Crippen LogP contribution is -2.28. The van der Waals surface area contributed by atoms with Crippen LogP contribution < -0.4 is 5.73 Å². The molecule has 0 amide bonds. The Morgan fingerprint density at radius 1 is 1.50 bits per heavy atom. The van der Waals surface area contributed by atoms with Crippen LogP contribution in [0.15, 0.2) is 18.6 Å². The van der Waals surface area contributed by atoms with E-state index < -0.39 is 0 Å². The molecule has 0 saturated carbocycles. The van der Waals surface area contributed by atoms with E-state index in [2.05, 4.69) is 21.8 Å². The Hall–Kier alpha value is -1.00. The predicted molar refractivity (Wildman–Crippen MR) is 54.4 cm³/mol. The summed E-state index contributed by atoms with van der Waals surface area (Å²) in [6.07, 6.45) is 5.24. The number of hydrogen-bond donors (Lipinski definition) is 1. The zero-order chi connectivity index (χ0) is 9.97. The highest BCUT2D eigenvalue weighted by Crippen LogP contribution is 2.15. The molecule has 2 heterocycles. The maximum absolute atomic E-state index is 5.94. The fourth-order valence-electron chi connectivity index (χ4n) is 1.87. The molecule has 14 heavy (non-hydrogen) atoms. The molecule has 2 atom stereocenters. The van der Waals surface area contributed by atoms with E-state index in [-0.39, 0.29) is 0 Å². The molecule has 4 heteroatoms. The third-order valence-corrected chi connectivity index (χ3v) is 2.75. The molecule has 0 aliphatic carbocycles. The highest BCUT2D eigenvalue weighted by atomic mass is 15.2. The van der Waals surface area contributed by atoms with Crippen molar-refractivity contribution in [1.29, 1.82) is 0 Å². The second-order valence-electron chi connectivity index (χ2n) is 4.03. The minimum absolute atomic E-state index is 0.312. The van der Waals surface area contributed by atoms with Crippen molar-refractivity contribution < 1.29 is 0 Å². The summed E-state index contributed by atoms with van der Waals surface area (Å²) in [7, 11) is 0. The lowest BCUT2D eigenvalue weighted by Gasteiger charge is -2.13. The minimum atomic E-state index is 0.312. The van der Waals surface area contributed by atoms with Gasteiger partial charge >= 0.3 is 0 Å².